The van der Waals surface area contributed by atoms with E-state index in [0.29, 0.717) is 40.3 Å². The number of benzene rings is 1. The van der Waals surface area contributed by atoms with Crippen LogP contribution in [0.5, 0.6) is 0 Å². The van der Waals surface area contributed by atoms with E-state index in [9.17, 15) is 4.79 Å². The van der Waals surface area contributed by atoms with Gasteiger partial charge in [-0.2, -0.15) is 0 Å². The predicted molar refractivity (Wildman–Crippen MR) is 148 cm³/mol. The van der Waals surface area contributed by atoms with E-state index < -0.39 is 0 Å². The van der Waals surface area contributed by atoms with E-state index in [1.54, 1.807) is 25.4 Å². The van der Waals surface area contributed by atoms with Crippen LogP contribution in [0.2, 0.25) is 5.02 Å². The van der Waals surface area contributed by atoms with Gasteiger partial charge in [0.05, 0.1) is 11.9 Å². The predicted octanol–water partition coefficient (Wildman–Crippen LogP) is 4.12. The number of carbonyl (C=O) groups is 1. The Labute approximate surface area is 228 Å². The second-order valence-electron chi connectivity index (χ2n) is 10.1. The van der Waals surface area contributed by atoms with Crippen molar-refractivity contribution in [2.45, 2.75) is 58.2 Å². The molecule has 1 aromatic carbocycles. The van der Waals surface area contributed by atoms with Crippen LogP contribution in [0.15, 0.2) is 34.9 Å². The molecular weight excluding hydrogens is 504 g/mol. The van der Waals surface area contributed by atoms with Crippen LogP contribution in [-0.4, -0.2) is 87.2 Å². The van der Waals surface area contributed by atoms with Crippen molar-refractivity contribution in [3.05, 3.63) is 46.7 Å². The van der Waals surface area contributed by atoms with Crippen LogP contribution < -0.4 is 10.2 Å². The normalized spacial score (nSPS) is 21.1. The molecular formula is C27H35ClN8O2. The third-order valence-corrected chi connectivity index (χ3v) is 7.97. The molecule has 1 amide bonds. The van der Waals surface area contributed by atoms with Crippen LogP contribution in [0.1, 0.15) is 49.2 Å². The molecule has 38 heavy (non-hydrogen) atoms. The monoisotopic (exact) mass is 538 g/mol. The van der Waals surface area contributed by atoms with Gasteiger partial charge in [-0.25, -0.2) is 9.97 Å². The molecule has 2 aliphatic rings. The number of nitrogens with zero attached hydrogens (tertiary/aromatic N) is 7. The van der Waals surface area contributed by atoms with Crippen molar-refractivity contribution in [3.63, 3.8) is 0 Å². The summed E-state index contributed by atoms with van der Waals surface area (Å²) in [5, 5.41) is 11.5. The number of hydrogen-bond donors (Lipinski definition) is 1. The Morgan fingerprint density at radius 1 is 1.16 bits per heavy atom. The van der Waals surface area contributed by atoms with Gasteiger partial charge in [-0.1, -0.05) is 23.6 Å². The number of aryl methyl sites for hydroxylation is 1. The van der Waals surface area contributed by atoms with Crippen molar-refractivity contribution < 1.29 is 9.21 Å². The molecule has 5 rings (SSSR count). The summed E-state index contributed by atoms with van der Waals surface area (Å²) in [5.41, 5.74) is 2.11. The maximum atomic E-state index is 13.0. The zero-order valence-electron chi connectivity index (χ0n) is 22.4. The van der Waals surface area contributed by atoms with Gasteiger partial charge >= 0.3 is 6.01 Å². The lowest BCUT2D eigenvalue weighted by atomic mass is 9.96. The van der Waals surface area contributed by atoms with Crippen molar-refractivity contribution in [2.75, 3.05) is 43.4 Å². The van der Waals surface area contributed by atoms with Gasteiger partial charge in [0.2, 0.25) is 0 Å². The molecule has 3 aromatic rings. The summed E-state index contributed by atoms with van der Waals surface area (Å²) < 4.78 is 5.56. The number of aromatic nitrogens is 4. The van der Waals surface area contributed by atoms with Gasteiger partial charge < -0.3 is 19.5 Å². The minimum atomic E-state index is 0.0885. The quantitative estimate of drug-likeness (QED) is 0.496. The third kappa shape index (κ3) is 5.33. The molecule has 0 bridgehead atoms. The molecule has 1 N–H and O–H groups in total. The van der Waals surface area contributed by atoms with Crippen molar-refractivity contribution in [2.24, 2.45) is 0 Å². The van der Waals surface area contributed by atoms with Gasteiger partial charge in [-0.05, 0) is 57.4 Å². The van der Waals surface area contributed by atoms with E-state index >= 15 is 0 Å². The molecule has 4 heterocycles. The highest BCUT2D eigenvalue weighted by Gasteiger charge is 2.37. The van der Waals surface area contributed by atoms with E-state index in [4.69, 9.17) is 26.0 Å². The standard InChI is InChI=1S/C27H35ClN8O2/c1-5-21-16-35(24-18(3)31-23(14-30-24)25-32-33-27(29-4)38-25)17(2)15-36(21)22-10-12-34(13-11-22)26(37)19-6-8-20(28)9-7-19/h6-9,14,17,21-22H,5,10-13,15-16H2,1-4H3,(H,29,33)/t17-,21+/m1/s1. The first kappa shape index (κ1) is 26.4. The number of amides is 1. The maximum Gasteiger partial charge on any atom is 0.315 e. The smallest absolute Gasteiger partial charge is 0.315 e. The summed E-state index contributed by atoms with van der Waals surface area (Å²) >= 11 is 5.99. The van der Waals surface area contributed by atoms with Gasteiger partial charge in [0.15, 0.2) is 0 Å². The highest BCUT2D eigenvalue weighted by Crippen LogP contribution is 2.30. The Morgan fingerprint density at radius 2 is 1.89 bits per heavy atom. The van der Waals surface area contributed by atoms with E-state index in [1.807, 2.05) is 24.0 Å². The van der Waals surface area contributed by atoms with Crippen LogP contribution in [0.4, 0.5) is 11.8 Å². The molecule has 10 nitrogen and oxygen atoms in total. The molecule has 2 aliphatic heterocycles. The summed E-state index contributed by atoms with van der Waals surface area (Å²) in [4.78, 5) is 29.5. The highest BCUT2D eigenvalue weighted by atomic mass is 35.5. The third-order valence-electron chi connectivity index (χ3n) is 7.72. The average Bonchev–Trinajstić information content (AvgIpc) is 3.43. The highest BCUT2D eigenvalue weighted by molar-refractivity contribution is 6.30. The molecule has 0 spiro atoms. The second kappa shape index (κ2) is 11.2. The zero-order chi connectivity index (χ0) is 26.8. The zero-order valence-corrected chi connectivity index (χ0v) is 23.1. The van der Waals surface area contributed by atoms with E-state index in [2.05, 4.69) is 39.2 Å². The van der Waals surface area contributed by atoms with Crippen LogP contribution in [-0.2, 0) is 0 Å². The summed E-state index contributed by atoms with van der Waals surface area (Å²) in [5.74, 6) is 1.34. The Kier molecular flexibility index (Phi) is 7.80. The molecule has 0 saturated carbocycles. The number of halogens is 1. The molecule has 2 fully saturated rings. The number of nitrogens with one attached hydrogen (secondary N) is 1. The molecule has 11 heteroatoms. The fourth-order valence-electron chi connectivity index (χ4n) is 5.63. The number of rotatable bonds is 6. The minimum absolute atomic E-state index is 0.0885. The maximum absolute atomic E-state index is 13.0. The van der Waals surface area contributed by atoms with Crippen molar-refractivity contribution in [1.29, 1.82) is 0 Å². The van der Waals surface area contributed by atoms with Crippen LogP contribution in [0, 0.1) is 6.92 Å². The van der Waals surface area contributed by atoms with Crippen molar-refractivity contribution in [3.8, 4) is 11.6 Å². The SMILES string of the molecule is CC[C@H]1CN(c2ncc(-c3nnc(NC)o3)nc2C)[C@H](C)CN1C1CCN(C(=O)c2ccc(Cl)cc2)CC1. The minimum Gasteiger partial charge on any atom is -0.402 e. The van der Waals surface area contributed by atoms with Gasteiger partial charge in [-0.15, -0.1) is 5.10 Å². The first-order valence-electron chi connectivity index (χ1n) is 13.3. The summed E-state index contributed by atoms with van der Waals surface area (Å²) in [6.07, 6.45) is 4.72. The lowest BCUT2D eigenvalue weighted by molar-refractivity contribution is 0.0434. The summed E-state index contributed by atoms with van der Waals surface area (Å²) in [7, 11) is 1.73. The Hall–Kier alpha value is -3.24. The summed E-state index contributed by atoms with van der Waals surface area (Å²) in [6, 6.07) is 8.67. The lowest BCUT2D eigenvalue weighted by Gasteiger charge is -2.50. The number of piperidine rings is 1. The second-order valence-corrected chi connectivity index (χ2v) is 10.6. The van der Waals surface area contributed by atoms with Crippen LogP contribution in [0.3, 0.4) is 0 Å². The fourth-order valence-corrected chi connectivity index (χ4v) is 5.76. The number of likely N-dealkylation sites (tertiary alicyclic amines) is 1. The number of piperazine rings is 1. The van der Waals surface area contributed by atoms with Gasteiger partial charge in [0, 0.05) is 61.9 Å². The molecule has 0 unspecified atom stereocenters. The molecule has 202 valence electrons. The largest absolute Gasteiger partial charge is 0.402 e. The first-order valence-corrected chi connectivity index (χ1v) is 13.7. The first-order chi connectivity index (χ1) is 18.4. The molecule has 0 radical (unpaired) electrons. The van der Waals surface area contributed by atoms with Crippen molar-refractivity contribution >= 4 is 29.3 Å². The van der Waals surface area contributed by atoms with E-state index in [1.165, 1.54) is 0 Å². The molecule has 2 aromatic heterocycles. The lowest BCUT2D eigenvalue weighted by Crippen LogP contribution is -2.62. The average molecular weight is 539 g/mol. The van der Waals surface area contributed by atoms with E-state index in [-0.39, 0.29) is 11.9 Å². The number of hydrogen-bond acceptors (Lipinski definition) is 9. The topological polar surface area (TPSA) is 104 Å². The molecule has 0 aliphatic carbocycles. The van der Waals surface area contributed by atoms with Gasteiger partial charge in [0.1, 0.15) is 11.5 Å². The number of carbonyl (C=O) groups excluding carboxylic acids is 1. The molecule has 2 saturated heterocycles. The van der Waals surface area contributed by atoms with Gasteiger partial charge in [0.25, 0.3) is 11.8 Å². The Balaban J connectivity index is 1.24. The summed E-state index contributed by atoms with van der Waals surface area (Å²) in [6.45, 7) is 9.87. The van der Waals surface area contributed by atoms with Crippen LogP contribution in [0.25, 0.3) is 11.6 Å². The number of anilines is 2. The molecule has 2 atom stereocenters. The fraction of sp³-hybridized carbons (Fsp3) is 0.519. The Bertz CT molecular complexity index is 1260. The Morgan fingerprint density at radius 3 is 2.53 bits per heavy atom. The van der Waals surface area contributed by atoms with E-state index in [0.717, 1.165) is 57.0 Å². The van der Waals surface area contributed by atoms with Gasteiger partial charge in [-0.3, -0.25) is 9.69 Å². The van der Waals surface area contributed by atoms with Crippen molar-refractivity contribution in [1.82, 2.24) is 30.0 Å². The van der Waals surface area contributed by atoms with Crippen LogP contribution >= 0.6 is 11.6 Å².